The number of anilines is 2. The molecule has 7 nitrogen and oxygen atoms in total. The predicted molar refractivity (Wildman–Crippen MR) is 115 cm³/mol. The number of benzene rings is 2. The second kappa shape index (κ2) is 9.52. The van der Waals surface area contributed by atoms with Crippen molar-refractivity contribution in [1.82, 2.24) is 4.90 Å². The Morgan fingerprint density at radius 2 is 1.79 bits per heavy atom. The fraction of sp³-hybridized carbons (Fsp3) is 0.333. The summed E-state index contributed by atoms with van der Waals surface area (Å²) < 4.78 is 5.30. The van der Waals surface area contributed by atoms with Gasteiger partial charge < -0.3 is 25.6 Å². The maximum atomic E-state index is 12.5. The van der Waals surface area contributed by atoms with E-state index in [9.17, 15) is 9.59 Å². The number of nitrogens with two attached hydrogens (primary N) is 1. The lowest BCUT2D eigenvalue weighted by Crippen LogP contribution is -2.49. The van der Waals surface area contributed by atoms with Crippen LogP contribution in [0.2, 0.25) is 5.02 Å². The highest BCUT2D eigenvalue weighted by Gasteiger charge is 2.21. The van der Waals surface area contributed by atoms with Crippen LogP contribution in [0.1, 0.15) is 16.8 Å². The van der Waals surface area contributed by atoms with E-state index in [-0.39, 0.29) is 5.91 Å². The summed E-state index contributed by atoms with van der Waals surface area (Å²) in [7, 11) is 1.60. The van der Waals surface area contributed by atoms with Gasteiger partial charge in [-0.3, -0.25) is 9.59 Å². The second-order valence-corrected chi connectivity index (χ2v) is 7.24. The summed E-state index contributed by atoms with van der Waals surface area (Å²) in [5, 5.41) is 3.83. The zero-order chi connectivity index (χ0) is 20.8. The number of primary amides is 1. The average Bonchev–Trinajstić information content (AvgIpc) is 2.74. The van der Waals surface area contributed by atoms with Crippen molar-refractivity contribution in [2.24, 2.45) is 5.73 Å². The van der Waals surface area contributed by atoms with Gasteiger partial charge in [0.05, 0.1) is 12.8 Å². The van der Waals surface area contributed by atoms with E-state index < -0.39 is 5.91 Å². The van der Waals surface area contributed by atoms with Crippen molar-refractivity contribution in [2.45, 2.75) is 6.42 Å². The molecule has 154 valence electrons. The van der Waals surface area contributed by atoms with Crippen molar-refractivity contribution in [1.29, 1.82) is 0 Å². The summed E-state index contributed by atoms with van der Waals surface area (Å²) in [6, 6.07) is 12.6. The maximum Gasteiger partial charge on any atom is 0.248 e. The lowest BCUT2D eigenvalue weighted by atomic mass is 10.1. The molecular formula is C21H25ClN4O3. The number of rotatable bonds is 7. The highest BCUT2D eigenvalue weighted by molar-refractivity contribution is 6.30. The van der Waals surface area contributed by atoms with Crippen molar-refractivity contribution in [2.75, 3.05) is 50.1 Å². The van der Waals surface area contributed by atoms with Gasteiger partial charge in [0.1, 0.15) is 5.75 Å². The Bertz CT molecular complexity index is 865. The van der Waals surface area contributed by atoms with E-state index >= 15 is 0 Å². The molecule has 2 amide bonds. The molecule has 8 heteroatoms. The Morgan fingerprint density at radius 1 is 1.10 bits per heavy atom. The number of carbonyl (C=O) groups is 2. The fourth-order valence-electron chi connectivity index (χ4n) is 3.33. The number of ether oxygens (including phenoxy) is 1. The largest absolute Gasteiger partial charge is 0.495 e. The summed E-state index contributed by atoms with van der Waals surface area (Å²) in [5.74, 6) is 0.371. The molecule has 2 aromatic rings. The molecule has 29 heavy (non-hydrogen) atoms. The van der Waals surface area contributed by atoms with E-state index in [0.717, 1.165) is 24.5 Å². The molecule has 0 bridgehead atoms. The first-order valence-corrected chi connectivity index (χ1v) is 9.85. The van der Waals surface area contributed by atoms with E-state index in [0.29, 0.717) is 42.4 Å². The smallest absolute Gasteiger partial charge is 0.248 e. The van der Waals surface area contributed by atoms with E-state index in [2.05, 4.69) is 10.2 Å². The van der Waals surface area contributed by atoms with Gasteiger partial charge in [-0.25, -0.2) is 0 Å². The first-order chi connectivity index (χ1) is 14.0. The van der Waals surface area contributed by atoms with Crippen LogP contribution in [0.3, 0.4) is 0 Å². The molecule has 0 atom stereocenters. The molecule has 0 radical (unpaired) electrons. The summed E-state index contributed by atoms with van der Waals surface area (Å²) in [6.45, 7) is 3.33. The molecule has 1 saturated heterocycles. The molecule has 1 aliphatic rings. The third-order valence-corrected chi connectivity index (χ3v) is 5.20. The van der Waals surface area contributed by atoms with Crippen LogP contribution in [-0.2, 0) is 4.79 Å². The van der Waals surface area contributed by atoms with Crippen molar-refractivity contribution in [3.63, 3.8) is 0 Å². The number of hydrogen-bond acceptors (Lipinski definition) is 5. The number of hydrogen-bond donors (Lipinski definition) is 2. The SMILES string of the molecule is COc1ccc(Cl)cc1NCCC(=O)N1CCN(c2ccc(C(N)=O)cc2)CC1. The van der Waals surface area contributed by atoms with E-state index in [1.807, 2.05) is 17.0 Å². The third-order valence-electron chi connectivity index (χ3n) is 4.97. The second-order valence-electron chi connectivity index (χ2n) is 6.80. The zero-order valence-corrected chi connectivity index (χ0v) is 17.1. The zero-order valence-electron chi connectivity index (χ0n) is 16.4. The third kappa shape index (κ3) is 5.32. The molecule has 1 fully saturated rings. The molecule has 0 aliphatic carbocycles. The standard InChI is InChI=1S/C21H25ClN4O3/c1-29-19-7-4-16(22)14-18(19)24-9-8-20(27)26-12-10-25(11-13-26)17-5-2-15(3-6-17)21(23)28/h2-7,14,24H,8-13H2,1H3,(H2,23,28). The van der Waals surface area contributed by atoms with E-state index in [1.165, 1.54) is 0 Å². The first-order valence-electron chi connectivity index (χ1n) is 9.48. The van der Waals surface area contributed by atoms with Crippen LogP contribution in [0.4, 0.5) is 11.4 Å². The van der Waals surface area contributed by atoms with E-state index in [4.69, 9.17) is 22.1 Å². The monoisotopic (exact) mass is 416 g/mol. The number of amides is 2. The van der Waals surface area contributed by atoms with Gasteiger partial charge >= 0.3 is 0 Å². The fourth-order valence-corrected chi connectivity index (χ4v) is 3.50. The van der Waals surface area contributed by atoms with Crippen LogP contribution in [0.25, 0.3) is 0 Å². The van der Waals surface area contributed by atoms with Crippen LogP contribution >= 0.6 is 11.6 Å². The Morgan fingerprint density at radius 3 is 2.41 bits per heavy atom. The minimum atomic E-state index is -0.434. The molecule has 3 rings (SSSR count). The van der Waals surface area contributed by atoms with Crippen LogP contribution in [-0.4, -0.2) is 56.5 Å². The van der Waals surface area contributed by atoms with E-state index in [1.54, 1.807) is 37.4 Å². The molecule has 2 aromatic carbocycles. The molecule has 0 saturated carbocycles. The van der Waals surface area contributed by atoms with Crippen LogP contribution in [0.15, 0.2) is 42.5 Å². The molecular weight excluding hydrogens is 392 g/mol. The molecule has 0 spiro atoms. The molecule has 0 unspecified atom stereocenters. The number of nitrogens with one attached hydrogen (secondary N) is 1. The summed E-state index contributed by atoms with van der Waals surface area (Å²) in [5.41, 5.74) is 7.57. The van der Waals surface area contributed by atoms with Crippen molar-refractivity contribution < 1.29 is 14.3 Å². The Kier molecular flexibility index (Phi) is 6.82. The predicted octanol–water partition coefficient (Wildman–Crippen LogP) is 2.60. The number of nitrogens with zero attached hydrogens (tertiary/aromatic N) is 2. The van der Waals surface area contributed by atoms with Crippen LogP contribution in [0, 0.1) is 0 Å². The average molecular weight is 417 g/mol. The number of piperazine rings is 1. The Balaban J connectivity index is 1.46. The molecule has 3 N–H and O–H groups in total. The van der Waals surface area contributed by atoms with Gasteiger partial charge in [-0.2, -0.15) is 0 Å². The van der Waals surface area contributed by atoms with Crippen molar-refractivity contribution >= 4 is 34.8 Å². The maximum absolute atomic E-state index is 12.5. The van der Waals surface area contributed by atoms with Crippen LogP contribution in [0.5, 0.6) is 5.75 Å². The summed E-state index contributed by atoms with van der Waals surface area (Å²) >= 11 is 6.03. The Hall–Kier alpha value is -2.93. The minimum absolute atomic E-state index is 0.113. The Labute approximate surface area is 175 Å². The van der Waals surface area contributed by atoms with Crippen molar-refractivity contribution in [3.05, 3.63) is 53.1 Å². The highest BCUT2D eigenvalue weighted by atomic mass is 35.5. The minimum Gasteiger partial charge on any atom is -0.495 e. The summed E-state index contributed by atoms with van der Waals surface area (Å²) in [4.78, 5) is 27.8. The van der Waals surface area contributed by atoms with Gasteiger partial charge in [0.25, 0.3) is 0 Å². The topological polar surface area (TPSA) is 87.9 Å². The van der Waals surface area contributed by atoms with Gasteiger partial charge in [0, 0.05) is 55.4 Å². The first kappa shape index (κ1) is 20.8. The van der Waals surface area contributed by atoms with Gasteiger partial charge in [-0.1, -0.05) is 11.6 Å². The van der Waals surface area contributed by atoms with Gasteiger partial charge in [-0.15, -0.1) is 0 Å². The number of halogens is 1. The lowest BCUT2D eigenvalue weighted by Gasteiger charge is -2.36. The highest BCUT2D eigenvalue weighted by Crippen LogP contribution is 2.27. The van der Waals surface area contributed by atoms with Gasteiger partial charge in [-0.05, 0) is 42.5 Å². The quantitative estimate of drug-likeness (QED) is 0.724. The molecule has 1 heterocycles. The normalized spacial score (nSPS) is 13.9. The van der Waals surface area contributed by atoms with Gasteiger partial charge in [0.2, 0.25) is 11.8 Å². The number of methoxy groups -OCH3 is 1. The molecule has 1 aliphatic heterocycles. The van der Waals surface area contributed by atoms with Gasteiger partial charge in [0.15, 0.2) is 0 Å². The number of carbonyl (C=O) groups excluding carboxylic acids is 2. The molecule has 0 aromatic heterocycles. The summed E-state index contributed by atoms with van der Waals surface area (Å²) in [6.07, 6.45) is 0.392. The van der Waals surface area contributed by atoms with Crippen LogP contribution < -0.4 is 20.7 Å². The lowest BCUT2D eigenvalue weighted by molar-refractivity contribution is -0.131. The van der Waals surface area contributed by atoms with Crippen molar-refractivity contribution in [3.8, 4) is 5.75 Å².